The predicted octanol–water partition coefficient (Wildman–Crippen LogP) is 6.34. The van der Waals surface area contributed by atoms with Gasteiger partial charge in [-0.3, -0.25) is 9.59 Å². The topological polar surface area (TPSA) is 56.5 Å². The molecule has 1 unspecified atom stereocenters. The molecule has 4 nitrogen and oxygen atoms in total. The Bertz CT molecular complexity index is 1260. The molecule has 0 saturated heterocycles. The van der Waals surface area contributed by atoms with Crippen molar-refractivity contribution < 1.29 is 18.7 Å². The molecule has 0 aliphatic carbocycles. The van der Waals surface area contributed by atoms with Crippen LogP contribution in [0.5, 0.6) is 5.75 Å². The summed E-state index contributed by atoms with van der Waals surface area (Å²) < 4.78 is 11.5. The van der Waals surface area contributed by atoms with E-state index in [4.69, 9.17) is 9.15 Å². The Hall–Kier alpha value is -3.66. The molecule has 0 aliphatic heterocycles. The number of rotatable bonds is 7. The first-order chi connectivity index (χ1) is 15.4. The summed E-state index contributed by atoms with van der Waals surface area (Å²) in [6.45, 7) is 4.84. The molecule has 0 spiro atoms. The van der Waals surface area contributed by atoms with Crippen molar-refractivity contribution in [2.45, 2.75) is 26.7 Å². The van der Waals surface area contributed by atoms with E-state index in [0.29, 0.717) is 5.76 Å². The highest BCUT2D eigenvalue weighted by atomic mass is 16.5. The highest BCUT2D eigenvalue weighted by Crippen LogP contribution is 2.40. The van der Waals surface area contributed by atoms with E-state index in [1.165, 1.54) is 13.8 Å². The molecular formula is C28H26O4. The normalized spacial score (nSPS) is 12.2. The van der Waals surface area contributed by atoms with E-state index in [2.05, 4.69) is 18.2 Å². The van der Waals surface area contributed by atoms with E-state index >= 15 is 0 Å². The van der Waals surface area contributed by atoms with Gasteiger partial charge in [0.05, 0.1) is 13.0 Å². The highest BCUT2D eigenvalue weighted by Gasteiger charge is 2.35. The van der Waals surface area contributed by atoms with Gasteiger partial charge in [-0.2, -0.15) is 0 Å². The van der Waals surface area contributed by atoms with Gasteiger partial charge in [-0.1, -0.05) is 54.6 Å². The zero-order chi connectivity index (χ0) is 22.8. The first kappa shape index (κ1) is 21.6. The Morgan fingerprint density at radius 1 is 0.875 bits per heavy atom. The monoisotopic (exact) mass is 426 g/mol. The van der Waals surface area contributed by atoms with E-state index in [-0.39, 0.29) is 11.6 Å². The number of methoxy groups -OCH3 is 1. The summed E-state index contributed by atoms with van der Waals surface area (Å²) in [5.41, 5.74) is 2.69. The molecule has 4 rings (SSSR count). The molecule has 0 aliphatic rings. The smallest absolute Gasteiger partial charge is 0.141 e. The molecule has 0 saturated carbocycles. The van der Waals surface area contributed by atoms with Crippen LogP contribution in [0, 0.1) is 12.8 Å². The Labute approximate surface area is 187 Å². The van der Waals surface area contributed by atoms with Gasteiger partial charge in [0.2, 0.25) is 0 Å². The molecule has 1 aromatic heterocycles. The largest absolute Gasteiger partial charge is 0.497 e. The van der Waals surface area contributed by atoms with E-state index in [1.54, 1.807) is 7.11 Å². The zero-order valence-electron chi connectivity index (χ0n) is 18.7. The first-order valence-corrected chi connectivity index (χ1v) is 10.6. The van der Waals surface area contributed by atoms with Gasteiger partial charge >= 0.3 is 0 Å². The lowest BCUT2D eigenvalue weighted by Gasteiger charge is -2.24. The average molecular weight is 427 g/mol. The lowest BCUT2D eigenvalue weighted by Crippen LogP contribution is -2.28. The van der Waals surface area contributed by atoms with Crippen molar-refractivity contribution in [3.05, 3.63) is 89.7 Å². The van der Waals surface area contributed by atoms with Gasteiger partial charge in [-0.25, -0.2) is 0 Å². The van der Waals surface area contributed by atoms with Crippen LogP contribution in [0.2, 0.25) is 0 Å². The van der Waals surface area contributed by atoms with Crippen molar-refractivity contribution in [1.29, 1.82) is 0 Å². The fourth-order valence-electron chi connectivity index (χ4n) is 4.50. The molecule has 1 atom stereocenters. The molecular weight excluding hydrogens is 400 g/mol. The average Bonchev–Trinajstić information content (AvgIpc) is 3.17. The van der Waals surface area contributed by atoms with Gasteiger partial charge < -0.3 is 9.15 Å². The maximum atomic E-state index is 12.6. The van der Waals surface area contributed by atoms with Crippen LogP contribution in [-0.2, 0) is 9.59 Å². The number of benzene rings is 3. The summed E-state index contributed by atoms with van der Waals surface area (Å²) in [5.74, 6) is 0.578. The van der Waals surface area contributed by atoms with Crippen molar-refractivity contribution in [1.82, 2.24) is 0 Å². The Morgan fingerprint density at radius 3 is 2.19 bits per heavy atom. The summed E-state index contributed by atoms with van der Waals surface area (Å²) in [4.78, 5) is 25.2. The first-order valence-electron chi connectivity index (χ1n) is 10.6. The number of carbonyl (C=O) groups excluding carboxylic acids is 2. The van der Waals surface area contributed by atoms with Crippen LogP contribution in [0.15, 0.2) is 77.2 Å². The van der Waals surface area contributed by atoms with Crippen LogP contribution in [0.25, 0.3) is 22.1 Å². The van der Waals surface area contributed by atoms with Gasteiger partial charge in [0.25, 0.3) is 0 Å². The number of aryl methyl sites for hydroxylation is 1. The number of hydrogen-bond acceptors (Lipinski definition) is 4. The Morgan fingerprint density at radius 2 is 1.53 bits per heavy atom. The molecule has 3 aromatic carbocycles. The third kappa shape index (κ3) is 3.96. The van der Waals surface area contributed by atoms with Crippen LogP contribution < -0.4 is 4.74 Å². The molecule has 0 amide bonds. The van der Waals surface area contributed by atoms with Gasteiger partial charge in [-0.05, 0) is 55.3 Å². The van der Waals surface area contributed by atoms with Crippen molar-refractivity contribution in [3.63, 3.8) is 0 Å². The van der Waals surface area contributed by atoms with Crippen molar-refractivity contribution in [2.75, 3.05) is 7.11 Å². The Balaban J connectivity index is 1.89. The second kappa shape index (κ2) is 8.83. The summed E-state index contributed by atoms with van der Waals surface area (Å²) in [7, 11) is 1.61. The molecule has 1 heterocycles. The van der Waals surface area contributed by atoms with Gasteiger partial charge in [-0.15, -0.1) is 0 Å². The molecule has 0 radical (unpaired) electrons. The maximum Gasteiger partial charge on any atom is 0.141 e. The lowest BCUT2D eigenvalue weighted by molar-refractivity contribution is -0.130. The number of carbonyl (C=O) groups is 2. The second-order valence-corrected chi connectivity index (χ2v) is 8.10. The van der Waals surface area contributed by atoms with Gasteiger partial charge in [0.1, 0.15) is 28.8 Å². The maximum absolute atomic E-state index is 12.6. The van der Waals surface area contributed by atoms with Crippen molar-refractivity contribution in [3.8, 4) is 17.1 Å². The van der Waals surface area contributed by atoms with E-state index in [0.717, 1.165) is 39.0 Å². The SMILES string of the molecule is COc1ccc(C(c2cc(-c3cccc4ccccc34)oc2C)C(C(C)=O)C(C)=O)cc1. The van der Waals surface area contributed by atoms with Crippen molar-refractivity contribution in [2.24, 2.45) is 5.92 Å². The molecule has 0 fully saturated rings. The zero-order valence-corrected chi connectivity index (χ0v) is 18.7. The van der Waals surface area contributed by atoms with Gasteiger partial charge in [0, 0.05) is 17.0 Å². The van der Waals surface area contributed by atoms with Crippen LogP contribution in [-0.4, -0.2) is 18.7 Å². The highest BCUT2D eigenvalue weighted by molar-refractivity contribution is 6.02. The number of furan rings is 1. The van der Waals surface area contributed by atoms with Gasteiger partial charge in [0.15, 0.2) is 0 Å². The summed E-state index contributed by atoms with van der Waals surface area (Å²) in [5, 5.41) is 2.21. The summed E-state index contributed by atoms with van der Waals surface area (Å²) in [6.07, 6.45) is 0. The second-order valence-electron chi connectivity index (χ2n) is 8.10. The van der Waals surface area contributed by atoms with E-state index in [1.807, 2.05) is 61.5 Å². The Kier molecular flexibility index (Phi) is 5.95. The fraction of sp³-hybridized carbons (Fsp3) is 0.214. The lowest BCUT2D eigenvalue weighted by atomic mass is 9.77. The predicted molar refractivity (Wildman–Crippen MR) is 126 cm³/mol. The van der Waals surface area contributed by atoms with Crippen LogP contribution in [0.4, 0.5) is 0 Å². The van der Waals surface area contributed by atoms with Crippen LogP contribution in [0.3, 0.4) is 0 Å². The number of hydrogen-bond donors (Lipinski definition) is 0. The quantitative estimate of drug-likeness (QED) is 0.323. The minimum Gasteiger partial charge on any atom is -0.497 e. The molecule has 4 heteroatoms. The van der Waals surface area contributed by atoms with Crippen molar-refractivity contribution >= 4 is 22.3 Å². The summed E-state index contributed by atoms with van der Waals surface area (Å²) >= 11 is 0. The molecule has 4 aromatic rings. The van der Waals surface area contributed by atoms with E-state index < -0.39 is 11.8 Å². The standard InChI is InChI=1S/C28H26O4/c1-17(29)27(18(2)30)28(21-12-14-22(31-4)15-13-21)25-16-26(32-19(25)3)24-11-7-9-20-8-5-6-10-23(20)24/h5-16,27-28H,1-4H3. The van der Waals surface area contributed by atoms with Crippen LogP contribution >= 0.6 is 0 Å². The molecule has 0 N–H and O–H groups in total. The third-order valence-corrected chi connectivity index (χ3v) is 6.03. The number of fused-ring (bicyclic) bond motifs is 1. The minimum absolute atomic E-state index is 0.161. The summed E-state index contributed by atoms with van der Waals surface area (Å²) in [6, 6.07) is 23.7. The number of Topliss-reactive ketones (excluding diaryl/α,β-unsaturated/α-hetero) is 2. The fourth-order valence-corrected chi connectivity index (χ4v) is 4.50. The molecule has 0 bridgehead atoms. The number of ketones is 2. The number of ether oxygens (including phenoxy) is 1. The third-order valence-electron chi connectivity index (χ3n) is 6.03. The van der Waals surface area contributed by atoms with Crippen LogP contribution in [0.1, 0.15) is 36.7 Å². The molecule has 32 heavy (non-hydrogen) atoms. The molecule has 162 valence electrons. The van der Waals surface area contributed by atoms with E-state index in [9.17, 15) is 9.59 Å². The minimum atomic E-state index is -0.792.